The predicted molar refractivity (Wildman–Crippen MR) is 71.4 cm³/mol. The molecule has 0 saturated carbocycles. The zero-order chi connectivity index (χ0) is 15.2. The van der Waals surface area contributed by atoms with Gasteiger partial charge in [-0.15, -0.1) is 0 Å². The summed E-state index contributed by atoms with van der Waals surface area (Å²) in [7, 11) is 0. The van der Waals surface area contributed by atoms with Gasteiger partial charge in [0.05, 0.1) is 0 Å². The Hall–Kier alpha value is -2.89. The van der Waals surface area contributed by atoms with Gasteiger partial charge >= 0.3 is 114 Å². The predicted octanol–water partition coefficient (Wildman–Crippen LogP) is 4.88. The molecule has 0 radical (unpaired) electrons. The molecule has 0 bridgehead atoms. The quantitative estimate of drug-likeness (QED) is 0.309. The van der Waals surface area contributed by atoms with E-state index in [0.29, 0.717) is 0 Å². The molecule has 0 fully saturated rings. The van der Waals surface area contributed by atoms with Crippen LogP contribution in [-0.2, 0) is 0 Å². The molecule has 0 unspecified atom stereocenters. The molecule has 0 aliphatic carbocycles. The molecule has 0 aliphatic rings. The van der Waals surface area contributed by atoms with E-state index in [9.17, 15) is 0 Å². The number of azide groups is 1. The molecular weight excluding hydrogens is 309 g/mol. The average molecular weight is 314 g/mol. The van der Waals surface area contributed by atoms with Crippen molar-refractivity contribution in [3.8, 4) is 0 Å². The van der Waals surface area contributed by atoms with Gasteiger partial charge in [0.25, 0.3) is 0 Å². The van der Waals surface area contributed by atoms with Crippen LogP contribution >= 0.6 is 17.3 Å². The van der Waals surface area contributed by atoms with E-state index >= 15 is 0 Å². The third-order valence-corrected chi connectivity index (χ3v) is 6.61. The third-order valence-electron chi connectivity index (χ3n) is 2.14. The fraction of sp³-hybridized carbons (Fsp3) is 0. The van der Waals surface area contributed by atoms with E-state index in [1.807, 2.05) is 0 Å². The van der Waals surface area contributed by atoms with Crippen LogP contribution in [0.25, 0.3) is 41.8 Å². The first-order valence-corrected chi connectivity index (χ1v) is 7.97. The molecule has 15 heteroatoms. The number of pyridine rings is 1. The Labute approximate surface area is 114 Å². The number of halogens is 1. The first kappa shape index (κ1) is 15.2. The number of rotatable bonds is 5. The van der Waals surface area contributed by atoms with Crippen molar-refractivity contribution in [3.05, 3.63) is 72.4 Å². The summed E-state index contributed by atoms with van der Waals surface area (Å²) >= 11 is 6.20. The van der Waals surface area contributed by atoms with Gasteiger partial charge in [-0.05, 0) is 0 Å². The molecule has 0 aromatic carbocycles. The molecule has 102 valence electrons. The molecule has 0 aliphatic heterocycles. The minimum atomic E-state index is -6.21. The van der Waals surface area contributed by atoms with Crippen LogP contribution in [0.15, 0.2) is 50.1 Å². The Bertz CT molecular complexity index is 657. The molecular formula is C5H5ClN13P. The van der Waals surface area contributed by atoms with Crippen LogP contribution < -0.4 is 4.34 Å². The van der Waals surface area contributed by atoms with E-state index in [-0.39, 0.29) is 0 Å². The van der Waals surface area contributed by atoms with Gasteiger partial charge in [-0.2, -0.15) is 0 Å². The van der Waals surface area contributed by atoms with Crippen LogP contribution in [0.3, 0.4) is 0 Å². The average Bonchev–Trinajstić information content (AvgIpc) is 2.41. The molecule has 20 heavy (non-hydrogen) atoms. The molecule has 0 atom stereocenters. The van der Waals surface area contributed by atoms with Gasteiger partial charge in [-0.3, -0.25) is 0 Å². The van der Waals surface area contributed by atoms with Gasteiger partial charge in [0.15, 0.2) is 0 Å². The summed E-state index contributed by atoms with van der Waals surface area (Å²) < 4.78 is 0.797. The fourth-order valence-electron chi connectivity index (χ4n) is 1.32. The molecule has 1 heterocycles. The first-order valence-electron chi connectivity index (χ1n) is 4.62. The SMILES string of the molecule is [N-]=[N+]=N[P-](Cl)(N=[N+]=[N-])(N=[N+]=[N-])(N=[N+]=[N-])[n+]1ccccc1. The molecule has 0 N–H and O–H groups in total. The molecule has 0 spiro atoms. The van der Waals surface area contributed by atoms with E-state index in [1.54, 1.807) is 6.07 Å². The second-order valence-electron chi connectivity index (χ2n) is 3.24. The van der Waals surface area contributed by atoms with Crippen molar-refractivity contribution in [2.75, 3.05) is 0 Å². The van der Waals surface area contributed by atoms with Crippen molar-refractivity contribution in [1.29, 1.82) is 0 Å². The standard InChI is InChI=1S/C5H5ClN13P/c6-20(15-11-7,16-12-8,17-13-9,18-14-10)19-4-2-1-3-5-19/h1-5H. The summed E-state index contributed by atoms with van der Waals surface area (Å²) in [6.07, 6.45) is 2.35. The van der Waals surface area contributed by atoms with Crippen molar-refractivity contribution < 1.29 is 4.34 Å². The first-order chi connectivity index (χ1) is 9.44. The molecule has 0 amide bonds. The van der Waals surface area contributed by atoms with Crippen LogP contribution in [0.2, 0.25) is 0 Å². The van der Waals surface area contributed by atoms with Gasteiger partial charge in [0.1, 0.15) is 0 Å². The summed E-state index contributed by atoms with van der Waals surface area (Å²) in [5.74, 6) is 0. The van der Waals surface area contributed by atoms with Crippen LogP contribution in [-0.4, -0.2) is 0 Å². The fourth-order valence-corrected chi connectivity index (χ4v) is 3.99. The summed E-state index contributed by atoms with van der Waals surface area (Å²) in [4.78, 5) is 22.3. The van der Waals surface area contributed by atoms with E-state index in [0.717, 1.165) is 4.34 Å². The van der Waals surface area contributed by atoms with Crippen LogP contribution in [0.4, 0.5) is 0 Å². The van der Waals surface area contributed by atoms with E-state index in [4.69, 9.17) is 33.4 Å². The monoisotopic (exact) mass is 313 g/mol. The van der Waals surface area contributed by atoms with Gasteiger partial charge in [-0.25, -0.2) is 0 Å². The van der Waals surface area contributed by atoms with E-state index in [2.05, 4.69) is 39.2 Å². The molecule has 1 aromatic rings. The molecule has 13 nitrogen and oxygen atoms in total. The molecule has 1 rings (SSSR count). The maximum absolute atomic E-state index is 8.72. The van der Waals surface area contributed by atoms with Crippen LogP contribution in [0.5, 0.6) is 0 Å². The number of hydrogen-bond acceptors (Lipinski definition) is 4. The van der Waals surface area contributed by atoms with Crippen molar-refractivity contribution >= 4 is 17.3 Å². The number of aromatic nitrogens is 1. The van der Waals surface area contributed by atoms with Crippen molar-refractivity contribution in [2.24, 2.45) is 19.5 Å². The van der Waals surface area contributed by atoms with Gasteiger partial charge in [-0.1, -0.05) is 0 Å². The second-order valence-corrected chi connectivity index (χ2v) is 9.23. The number of hydrogen-bond donors (Lipinski definition) is 0. The minimum absolute atomic E-state index is 0.797. The van der Waals surface area contributed by atoms with E-state index < -0.39 is 6.05 Å². The van der Waals surface area contributed by atoms with Gasteiger partial charge in [0, 0.05) is 0 Å². The third kappa shape index (κ3) is 1.97. The Balaban J connectivity index is 4.29. The summed E-state index contributed by atoms with van der Waals surface area (Å²) in [5.41, 5.74) is 34.9. The van der Waals surface area contributed by atoms with Gasteiger partial charge < -0.3 is 0 Å². The van der Waals surface area contributed by atoms with Crippen LogP contribution in [0, 0.1) is 0 Å². The summed E-state index contributed by atoms with van der Waals surface area (Å²) in [6.45, 7) is 0. The second kappa shape index (κ2) is 4.65. The maximum atomic E-state index is 8.72. The van der Waals surface area contributed by atoms with Crippen molar-refractivity contribution in [2.45, 2.75) is 0 Å². The van der Waals surface area contributed by atoms with Gasteiger partial charge in [0.2, 0.25) is 0 Å². The zero-order valence-corrected chi connectivity index (χ0v) is 11.2. The Kier molecular flexibility index (Phi) is 3.53. The molecule has 1 aromatic heterocycles. The number of nitrogens with zero attached hydrogens (tertiary/aromatic N) is 13. The van der Waals surface area contributed by atoms with Crippen LogP contribution in [0.1, 0.15) is 0 Å². The van der Waals surface area contributed by atoms with E-state index in [1.165, 1.54) is 24.5 Å². The molecule has 0 saturated heterocycles. The summed E-state index contributed by atoms with van der Waals surface area (Å²) in [6, 6.07) is -1.84. The summed E-state index contributed by atoms with van der Waals surface area (Å²) in [5, 5.41) is 0. The topological polar surface area (TPSA) is 199 Å². The zero-order valence-electron chi connectivity index (χ0n) is 9.53. The normalized spacial score (nSPS) is 13.1. The Morgan fingerprint density at radius 2 is 1.10 bits per heavy atom. The van der Waals surface area contributed by atoms with Crippen molar-refractivity contribution in [1.82, 2.24) is 0 Å². The van der Waals surface area contributed by atoms with Crippen molar-refractivity contribution in [3.63, 3.8) is 0 Å². The Morgan fingerprint density at radius 3 is 1.40 bits per heavy atom. The Morgan fingerprint density at radius 1 is 0.750 bits per heavy atom.